The third kappa shape index (κ3) is 3.25. The second-order valence-corrected chi connectivity index (χ2v) is 5.38. The summed E-state index contributed by atoms with van der Waals surface area (Å²) < 4.78 is 16.7. The maximum Gasteiger partial charge on any atom is 0.360 e. The van der Waals surface area contributed by atoms with Gasteiger partial charge in [0.1, 0.15) is 12.4 Å². The van der Waals surface area contributed by atoms with Crippen LogP contribution in [0.5, 0.6) is 0 Å². The van der Waals surface area contributed by atoms with Crippen molar-refractivity contribution in [2.45, 2.75) is 37.8 Å². The highest BCUT2D eigenvalue weighted by molar-refractivity contribution is 5.89. The van der Waals surface area contributed by atoms with Gasteiger partial charge in [-0.3, -0.25) is 0 Å². The molecule has 0 N–H and O–H groups in total. The van der Waals surface area contributed by atoms with Crippen molar-refractivity contribution in [3.63, 3.8) is 0 Å². The molecular weight excluding hydrogens is 302 g/mol. The minimum atomic E-state index is -0.543. The van der Waals surface area contributed by atoms with E-state index in [4.69, 9.17) is 9.15 Å². The maximum atomic E-state index is 12.1. The molecule has 2 aromatic rings. The summed E-state index contributed by atoms with van der Waals surface area (Å²) in [6.45, 7) is 0. The molecule has 8 heteroatoms. The molecule has 1 aliphatic rings. The van der Waals surface area contributed by atoms with Crippen molar-refractivity contribution in [1.29, 1.82) is 0 Å². The Bertz CT molecular complexity index is 679. The minimum Gasteiger partial charge on any atom is -0.472 e. The molecule has 2 heterocycles. The Kier molecular flexibility index (Phi) is 4.40. The Morgan fingerprint density at radius 3 is 2.87 bits per heavy atom. The molecule has 2 aromatic heterocycles. The fourth-order valence-electron chi connectivity index (χ4n) is 2.74. The number of carbonyl (C=O) groups excluding carboxylic acids is 2. The van der Waals surface area contributed by atoms with Gasteiger partial charge in [0.25, 0.3) is 0 Å². The van der Waals surface area contributed by atoms with Crippen LogP contribution in [0.15, 0.2) is 29.2 Å². The largest absolute Gasteiger partial charge is 0.472 e. The Hall–Kier alpha value is -2.64. The summed E-state index contributed by atoms with van der Waals surface area (Å²) in [6.07, 6.45) is 7.49. The summed E-state index contributed by atoms with van der Waals surface area (Å²) in [5.41, 5.74) is 0.515. The van der Waals surface area contributed by atoms with Crippen LogP contribution in [-0.2, 0) is 9.47 Å². The van der Waals surface area contributed by atoms with E-state index in [9.17, 15) is 9.59 Å². The molecule has 0 spiro atoms. The zero-order valence-corrected chi connectivity index (χ0v) is 12.7. The lowest BCUT2D eigenvalue weighted by Crippen LogP contribution is -2.32. The Morgan fingerprint density at radius 1 is 1.30 bits per heavy atom. The van der Waals surface area contributed by atoms with Gasteiger partial charge in [-0.05, 0) is 25.3 Å². The molecule has 23 heavy (non-hydrogen) atoms. The average Bonchev–Trinajstić information content (AvgIpc) is 3.26. The topological polar surface area (TPSA) is 96.5 Å². The van der Waals surface area contributed by atoms with Crippen LogP contribution < -0.4 is 0 Å². The number of methoxy groups -OCH3 is 1. The smallest absolute Gasteiger partial charge is 0.360 e. The lowest BCUT2D eigenvalue weighted by molar-refractivity contribution is 0.00167. The molecule has 1 fully saturated rings. The van der Waals surface area contributed by atoms with Gasteiger partial charge < -0.3 is 13.9 Å². The van der Waals surface area contributed by atoms with Gasteiger partial charge in [0, 0.05) is 0 Å². The van der Waals surface area contributed by atoms with Crippen LogP contribution >= 0.6 is 0 Å². The maximum absolute atomic E-state index is 12.1. The fourth-order valence-corrected chi connectivity index (χ4v) is 2.74. The monoisotopic (exact) mass is 319 g/mol. The van der Waals surface area contributed by atoms with Crippen LogP contribution in [0, 0.1) is 0 Å². The zero-order valence-electron chi connectivity index (χ0n) is 12.7. The van der Waals surface area contributed by atoms with Gasteiger partial charge in [0.05, 0.1) is 31.2 Å². The van der Waals surface area contributed by atoms with Gasteiger partial charge in [-0.15, -0.1) is 5.10 Å². The first kappa shape index (κ1) is 15.3. The average molecular weight is 319 g/mol. The van der Waals surface area contributed by atoms with Crippen LogP contribution in [0.25, 0.3) is 0 Å². The summed E-state index contributed by atoms with van der Waals surface area (Å²) in [5.74, 6) is -0.969. The standard InChI is InChI=1S/C15H17N3O5/c1-21-15(20)11-8-18(17-16-11)12-4-2-3-5-13(12)23-14(19)10-6-7-22-9-10/h6-9,12-13H,2-5H2,1H3/t12-,13-/m1/s1. The first-order valence-corrected chi connectivity index (χ1v) is 7.42. The number of furan rings is 1. The van der Waals surface area contributed by atoms with E-state index in [0.29, 0.717) is 5.56 Å². The molecule has 0 saturated heterocycles. The number of esters is 2. The van der Waals surface area contributed by atoms with Crippen molar-refractivity contribution < 1.29 is 23.5 Å². The molecule has 0 aromatic carbocycles. The number of aromatic nitrogens is 3. The molecule has 0 unspecified atom stereocenters. The SMILES string of the molecule is COC(=O)c1cn([C@@H]2CCCC[C@H]2OC(=O)c2ccoc2)nn1. The van der Waals surface area contributed by atoms with Crippen molar-refractivity contribution in [1.82, 2.24) is 15.0 Å². The molecule has 8 nitrogen and oxygen atoms in total. The number of carbonyl (C=O) groups is 2. The predicted molar refractivity (Wildman–Crippen MR) is 76.8 cm³/mol. The van der Waals surface area contributed by atoms with Crippen molar-refractivity contribution in [3.05, 3.63) is 36.0 Å². The molecule has 1 aliphatic carbocycles. The van der Waals surface area contributed by atoms with Gasteiger partial charge in [0.15, 0.2) is 5.69 Å². The Labute approximate surface area is 132 Å². The van der Waals surface area contributed by atoms with Gasteiger partial charge in [-0.2, -0.15) is 0 Å². The number of nitrogens with zero attached hydrogens (tertiary/aromatic N) is 3. The minimum absolute atomic E-state index is 0.137. The van der Waals surface area contributed by atoms with E-state index in [0.717, 1.165) is 25.7 Å². The summed E-state index contributed by atoms with van der Waals surface area (Å²) in [6, 6.07) is 1.41. The molecule has 0 aliphatic heterocycles. The van der Waals surface area contributed by atoms with Crippen molar-refractivity contribution >= 4 is 11.9 Å². The quantitative estimate of drug-likeness (QED) is 0.795. The predicted octanol–water partition coefficient (Wildman–Crippen LogP) is 2.00. The second-order valence-electron chi connectivity index (χ2n) is 5.38. The first-order valence-electron chi connectivity index (χ1n) is 7.42. The molecule has 0 radical (unpaired) electrons. The van der Waals surface area contributed by atoms with Crippen molar-refractivity contribution in [3.8, 4) is 0 Å². The summed E-state index contributed by atoms with van der Waals surface area (Å²) in [5, 5.41) is 7.79. The normalized spacial score (nSPS) is 20.9. The van der Waals surface area contributed by atoms with Gasteiger partial charge >= 0.3 is 11.9 Å². The molecule has 2 atom stereocenters. The van der Waals surface area contributed by atoms with Crippen LogP contribution in [0.4, 0.5) is 0 Å². The van der Waals surface area contributed by atoms with Gasteiger partial charge in [0.2, 0.25) is 0 Å². The van der Waals surface area contributed by atoms with Crippen LogP contribution in [0.1, 0.15) is 52.6 Å². The number of rotatable bonds is 4. The number of ether oxygens (including phenoxy) is 2. The molecular formula is C15H17N3O5. The highest BCUT2D eigenvalue weighted by Crippen LogP contribution is 2.31. The van der Waals surface area contributed by atoms with E-state index in [2.05, 4.69) is 15.0 Å². The Balaban J connectivity index is 1.74. The fraction of sp³-hybridized carbons (Fsp3) is 0.467. The first-order chi connectivity index (χ1) is 11.2. The molecule has 3 rings (SSSR count). The van der Waals surface area contributed by atoms with E-state index in [1.807, 2.05) is 0 Å². The van der Waals surface area contributed by atoms with Crippen LogP contribution in [0.2, 0.25) is 0 Å². The van der Waals surface area contributed by atoms with Crippen LogP contribution in [0.3, 0.4) is 0 Å². The summed E-state index contributed by atoms with van der Waals surface area (Å²) >= 11 is 0. The van der Waals surface area contributed by atoms with E-state index in [-0.39, 0.29) is 17.8 Å². The van der Waals surface area contributed by atoms with Crippen LogP contribution in [-0.4, -0.2) is 40.1 Å². The van der Waals surface area contributed by atoms with E-state index >= 15 is 0 Å². The van der Waals surface area contributed by atoms with Gasteiger partial charge in [-0.25, -0.2) is 14.3 Å². The van der Waals surface area contributed by atoms with Gasteiger partial charge in [-0.1, -0.05) is 11.6 Å². The number of hydrogen-bond donors (Lipinski definition) is 0. The summed E-state index contributed by atoms with van der Waals surface area (Å²) in [7, 11) is 1.29. The molecule has 0 bridgehead atoms. The lowest BCUT2D eigenvalue weighted by atomic mass is 9.92. The van der Waals surface area contributed by atoms with Crippen molar-refractivity contribution in [2.24, 2.45) is 0 Å². The molecule has 1 saturated carbocycles. The third-order valence-corrected chi connectivity index (χ3v) is 3.93. The van der Waals surface area contributed by atoms with E-state index in [1.165, 1.54) is 25.8 Å². The van der Waals surface area contributed by atoms with E-state index in [1.54, 1.807) is 10.7 Å². The van der Waals surface area contributed by atoms with E-state index < -0.39 is 11.9 Å². The molecule has 122 valence electrons. The second kappa shape index (κ2) is 6.64. The van der Waals surface area contributed by atoms with Crippen molar-refractivity contribution in [2.75, 3.05) is 7.11 Å². The zero-order chi connectivity index (χ0) is 16.2. The lowest BCUT2D eigenvalue weighted by Gasteiger charge is -2.30. The highest BCUT2D eigenvalue weighted by atomic mass is 16.5. The number of hydrogen-bond acceptors (Lipinski definition) is 7. The Morgan fingerprint density at radius 2 is 2.13 bits per heavy atom. The highest BCUT2D eigenvalue weighted by Gasteiger charge is 2.31. The molecule has 0 amide bonds. The summed E-state index contributed by atoms with van der Waals surface area (Å²) in [4.78, 5) is 23.6. The third-order valence-electron chi connectivity index (χ3n) is 3.93.